The van der Waals surface area contributed by atoms with Crippen molar-refractivity contribution >= 4 is 27.7 Å². The molecule has 1 heterocycles. The van der Waals surface area contributed by atoms with Crippen LogP contribution in [0.1, 0.15) is 24.0 Å². The summed E-state index contributed by atoms with van der Waals surface area (Å²) in [5, 5.41) is 4.61. The molecule has 0 saturated heterocycles. The van der Waals surface area contributed by atoms with Gasteiger partial charge >= 0.3 is 0 Å². The van der Waals surface area contributed by atoms with Crippen molar-refractivity contribution < 1.29 is 0 Å². The van der Waals surface area contributed by atoms with Crippen LogP contribution in [0.25, 0.3) is 0 Å². The quantitative estimate of drug-likeness (QED) is 0.857. The Hall–Kier alpha value is -0.840. The van der Waals surface area contributed by atoms with Crippen molar-refractivity contribution in [2.75, 3.05) is 0 Å². The maximum atomic E-state index is 4.61. The van der Waals surface area contributed by atoms with Gasteiger partial charge < -0.3 is 5.32 Å². The Morgan fingerprint density at radius 3 is 2.70 bits per heavy atom. The van der Waals surface area contributed by atoms with Crippen molar-refractivity contribution in [1.82, 2.24) is 10.3 Å². The van der Waals surface area contributed by atoms with Gasteiger partial charge in [0, 0.05) is 28.2 Å². The highest BCUT2D eigenvalue weighted by Crippen LogP contribution is 2.29. The first-order valence-corrected chi connectivity index (χ1v) is 8.44. The van der Waals surface area contributed by atoms with Crippen LogP contribution in [0.5, 0.6) is 0 Å². The SMILES string of the molecule is Cc1cc(CNC2CC2)cnc1Sc1ccc(Br)cc1. The zero-order chi connectivity index (χ0) is 13.9. The monoisotopic (exact) mass is 348 g/mol. The largest absolute Gasteiger partial charge is 0.310 e. The summed E-state index contributed by atoms with van der Waals surface area (Å²) < 4.78 is 1.10. The second kappa shape index (κ2) is 6.29. The molecular weight excluding hydrogens is 332 g/mol. The number of halogens is 1. The average molecular weight is 349 g/mol. The fraction of sp³-hybridized carbons (Fsp3) is 0.312. The maximum Gasteiger partial charge on any atom is 0.104 e. The summed E-state index contributed by atoms with van der Waals surface area (Å²) in [4.78, 5) is 5.82. The molecule has 1 aliphatic rings. The molecule has 104 valence electrons. The van der Waals surface area contributed by atoms with Gasteiger partial charge in [-0.05, 0) is 55.2 Å². The van der Waals surface area contributed by atoms with Crippen molar-refractivity contribution in [2.45, 2.75) is 42.3 Å². The second-order valence-corrected chi connectivity index (χ2v) is 7.15. The van der Waals surface area contributed by atoms with Crippen LogP contribution in [0.4, 0.5) is 0 Å². The van der Waals surface area contributed by atoms with E-state index in [4.69, 9.17) is 0 Å². The number of hydrogen-bond acceptors (Lipinski definition) is 3. The normalized spacial score (nSPS) is 14.5. The lowest BCUT2D eigenvalue weighted by molar-refractivity contribution is 0.684. The number of nitrogens with zero attached hydrogens (tertiary/aromatic N) is 1. The summed E-state index contributed by atoms with van der Waals surface area (Å²) >= 11 is 5.17. The number of benzene rings is 1. The van der Waals surface area contributed by atoms with Crippen LogP contribution in [0, 0.1) is 6.92 Å². The Bertz CT molecular complexity index is 594. The Morgan fingerprint density at radius 1 is 1.30 bits per heavy atom. The summed E-state index contributed by atoms with van der Waals surface area (Å²) in [6.45, 7) is 3.07. The molecule has 1 aliphatic carbocycles. The predicted octanol–water partition coefficient (Wildman–Crippen LogP) is 4.56. The Labute approximate surface area is 132 Å². The molecule has 0 atom stereocenters. The van der Waals surface area contributed by atoms with Gasteiger partial charge in [-0.2, -0.15) is 0 Å². The van der Waals surface area contributed by atoms with E-state index < -0.39 is 0 Å². The minimum atomic E-state index is 0.743. The van der Waals surface area contributed by atoms with E-state index in [0.717, 1.165) is 22.1 Å². The lowest BCUT2D eigenvalue weighted by atomic mass is 10.2. The number of nitrogens with one attached hydrogen (secondary N) is 1. The number of pyridine rings is 1. The summed E-state index contributed by atoms with van der Waals surface area (Å²) in [7, 11) is 0. The van der Waals surface area contributed by atoms with Crippen LogP contribution in [0.3, 0.4) is 0 Å². The molecular formula is C16H17BrN2S. The minimum Gasteiger partial charge on any atom is -0.310 e. The first-order valence-electron chi connectivity index (χ1n) is 6.83. The van der Waals surface area contributed by atoms with Gasteiger partial charge in [0.25, 0.3) is 0 Å². The zero-order valence-electron chi connectivity index (χ0n) is 11.4. The van der Waals surface area contributed by atoms with E-state index in [2.05, 4.69) is 63.5 Å². The van der Waals surface area contributed by atoms with Gasteiger partial charge in [-0.3, -0.25) is 0 Å². The molecule has 1 fully saturated rings. The molecule has 20 heavy (non-hydrogen) atoms. The molecule has 2 nitrogen and oxygen atoms in total. The zero-order valence-corrected chi connectivity index (χ0v) is 13.8. The van der Waals surface area contributed by atoms with Crippen molar-refractivity contribution in [3.8, 4) is 0 Å². The van der Waals surface area contributed by atoms with Crippen molar-refractivity contribution in [3.05, 3.63) is 52.1 Å². The topological polar surface area (TPSA) is 24.9 Å². The summed E-state index contributed by atoms with van der Waals surface area (Å²) in [6, 6.07) is 11.3. The molecule has 0 spiro atoms. The molecule has 1 aromatic heterocycles. The average Bonchev–Trinajstić information content (AvgIpc) is 3.26. The molecule has 1 aromatic carbocycles. The van der Waals surface area contributed by atoms with Crippen molar-refractivity contribution in [2.24, 2.45) is 0 Å². The molecule has 1 N–H and O–H groups in total. The highest BCUT2D eigenvalue weighted by Gasteiger charge is 2.20. The molecule has 3 rings (SSSR count). The fourth-order valence-corrected chi connectivity index (χ4v) is 3.07. The van der Waals surface area contributed by atoms with Crippen LogP contribution in [-0.2, 0) is 6.54 Å². The van der Waals surface area contributed by atoms with E-state index >= 15 is 0 Å². The van der Waals surface area contributed by atoms with Gasteiger partial charge in [0.1, 0.15) is 5.03 Å². The first kappa shape index (κ1) is 14.1. The van der Waals surface area contributed by atoms with E-state index in [9.17, 15) is 0 Å². The third kappa shape index (κ3) is 3.84. The highest BCUT2D eigenvalue weighted by molar-refractivity contribution is 9.10. The van der Waals surface area contributed by atoms with Gasteiger partial charge in [0.15, 0.2) is 0 Å². The van der Waals surface area contributed by atoms with Crippen LogP contribution >= 0.6 is 27.7 Å². The van der Waals surface area contributed by atoms with Gasteiger partial charge in [-0.25, -0.2) is 4.98 Å². The smallest absolute Gasteiger partial charge is 0.104 e. The fourth-order valence-electron chi connectivity index (χ4n) is 1.99. The summed E-state index contributed by atoms with van der Waals surface area (Å²) in [5.41, 5.74) is 2.52. The third-order valence-corrected chi connectivity index (χ3v) is 4.94. The Balaban J connectivity index is 1.68. The maximum absolute atomic E-state index is 4.61. The molecule has 0 aliphatic heterocycles. The molecule has 1 saturated carbocycles. The standard InChI is InChI=1S/C16H17BrN2S/c1-11-8-12(9-18-14-4-5-14)10-19-16(11)20-15-6-2-13(17)3-7-15/h2-3,6-8,10,14,18H,4-5,9H2,1H3. The molecule has 0 bridgehead atoms. The van der Waals surface area contributed by atoms with E-state index in [1.165, 1.54) is 28.9 Å². The van der Waals surface area contributed by atoms with Gasteiger partial charge in [-0.1, -0.05) is 33.8 Å². The Kier molecular flexibility index (Phi) is 4.44. The molecule has 0 radical (unpaired) electrons. The van der Waals surface area contributed by atoms with E-state index in [1.54, 1.807) is 11.8 Å². The molecule has 4 heteroatoms. The minimum absolute atomic E-state index is 0.743. The van der Waals surface area contributed by atoms with Crippen molar-refractivity contribution in [3.63, 3.8) is 0 Å². The summed E-state index contributed by atoms with van der Waals surface area (Å²) in [6.07, 6.45) is 4.64. The lowest BCUT2D eigenvalue weighted by Crippen LogP contribution is -2.15. The van der Waals surface area contributed by atoms with Crippen LogP contribution in [-0.4, -0.2) is 11.0 Å². The van der Waals surface area contributed by atoms with Crippen LogP contribution in [0.2, 0.25) is 0 Å². The highest BCUT2D eigenvalue weighted by atomic mass is 79.9. The number of aromatic nitrogens is 1. The first-order chi connectivity index (χ1) is 9.70. The predicted molar refractivity (Wildman–Crippen MR) is 87.1 cm³/mol. The van der Waals surface area contributed by atoms with E-state index in [1.807, 2.05) is 6.20 Å². The van der Waals surface area contributed by atoms with Gasteiger partial charge in [0.05, 0.1) is 0 Å². The summed E-state index contributed by atoms with van der Waals surface area (Å²) in [5.74, 6) is 0. The third-order valence-electron chi connectivity index (χ3n) is 3.29. The van der Waals surface area contributed by atoms with Crippen molar-refractivity contribution in [1.29, 1.82) is 0 Å². The lowest BCUT2D eigenvalue weighted by Gasteiger charge is -2.08. The van der Waals surface area contributed by atoms with E-state index in [0.29, 0.717) is 0 Å². The molecule has 0 amide bonds. The number of hydrogen-bond donors (Lipinski definition) is 1. The van der Waals surface area contributed by atoms with Crippen LogP contribution < -0.4 is 5.32 Å². The Morgan fingerprint density at radius 2 is 2.05 bits per heavy atom. The number of rotatable bonds is 5. The number of aryl methyl sites for hydroxylation is 1. The second-order valence-electron chi connectivity index (χ2n) is 5.18. The van der Waals surface area contributed by atoms with Gasteiger partial charge in [0.2, 0.25) is 0 Å². The van der Waals surface area contributed by atoms with E-state index in [-0.39, 0.29) is 0 Å². The molecule has 0 unspecified atom stereocenters. The van der Waals surface area contributed by atoms with Crippen LogP contribution in [0.15, 0.2) is 50.9 Å². The molecule has 2 aromatic rings. The van der Waals surface area contributed by atoms with Gasteiger partial charge in [-0.15, -0.1) is 0 Å².